The van der Waals surface area contributed by atoms with Crippen LogP contribution in [0.15, 0.2) is 54.6 Å². The highest BCUT2D eigenvalue weighted by molar-refractivity contribution is 5.95. The highest BCUT2D eigenvalue weighted by Gasteiger charge is 2.23. The zero-order chi connectivity index (χ0) is 17.6. The Morgan fingerprint density at radius 3 is 2.33 bits per heavy atom. The smallest absolute Gasteiger partial charge is 0.254 e. The number of ether oxygens (including phenoxy) is 1. The number of hydrogen-bond donors (Lipinski definition) is 1. The van der Waals surface area contributed by atoms with E-state index in [1.165, 1.54) is 0 Å². The minimum Gasteiger partial charge on any atom is -0.489 e. The van der Waals surface area contributed by atoms with Crippen molar-refractivity contribution in [1.82, 2.24) is 4.90 Å². The van der Waals surface area contributed by atoms with E-state index in [1.54, 1.807) is 24.8 Å². The largest absolute Gasteiger partial charge is 0.489 e. The number of para-hydroxylation sites is 1. The lowest BCUT2D eigenvalue weighted by Crippen LogP contribution is -2.42. The Bertz CT molecular complexity index is 662. The second-order valence-electron chi connectivity index (χ2n) is 6.39. The minimum atomic E-state index is -0.929. The van der Waals surface area contributed by atoms with Gasteiger partial charge in [0.25, 0.3) is 5.91 Å². The molecular formula is C20H25NO3. The Morgan fingerprint density at radius 1 is 1.08 bits per heavy atom. The van der Waals surface area contributed by atoms with E-state index in [1.807, 2.05) is 55.5 Å². The van der Waals surface area contributed by atoms with E-state index in [0.29, 0.717) is 18.7 Å². The lowest BCUT2D eigenvalue weighted by molar-refractivity contribution is 0.0313. The maximum absolute atomic E-state index is 12.8. The van der Waals surface area contributed by atoms with Crippen LogP contribution in [0.3, 0.4) is 0 Å². The Labute approximate surface area is 143 Å². The average Bonchev–Trinajstić information content (AvgIpc) is 2.57. The van der Waals surface area contributed by atoms with E-state index in [9.17, 15) is 9.90 Å². The normalized spacial score (nSPS) is 11.2. The molecule has 0 spiro atoms. The molecule has 128 valence electrons. The van der Waals surface area contributed by atoms with Crippen LogP contribution >= 0.6 is 0 Å². The first-order valence-electron chi connectivity index (χ1n) is 8.18. The van der Waals surface area contributed by atoms with Crippen LogP contribution in [0.1, 0.15) is 36.7 Å². The fourth-order valence-electron chi connectivity index (χ4n) is 2.50. The van der Waals surface area contributed by atoms with Crippen LogP contribution in [0.25, 0.3) is 0 Å². The molecule has 1 amide bonds. The van der Waals surface area contributed by atoms with Crippen molar-refractivity contribution in [3.8, 4) is 5.75 Å². The first-order chi connectivity index (χ1) is 11.4. The molecule has 2 rings (SSSR count). The molecule has 0 aliphatic carbocycles. The summed E-state index contributed by atoms with van der Waals surface area (Å²) in [7, 11) is 0. The van der Waals surface area contributed by atoms with Crippen molar-refractivity contribution in [3.63, 3.8) is 0 Å². The van der Waals surface area contributed by atoms with Gasteiger partial charge in [-0.2, -0.15) is 0 Å². The van der Waals surface area contributed by atoms with Crippen molar-refractivity contribution in [2.45, 2.75) is 33.0 Å². The van der Waals surface area contributed by atoms with Crippen molar-refractivity contribution in [2.75, 3.05) is 13.1 Å². The number of likely N-dealkylation sites (N-methyl/N-ethyl adjacent to an activating group) is 1. The zero-order valence-electron chi connectivity index (χ0n) is 14.5. The highest BCUT2D eigenvalue weighted by atomic mass is 16.5. The molecule has 0 fully saturated rings. The number of carbonyl (C=O) groups excluding carboxylic acids is 1. The van der Waals surface area contributed by atoms with Gasteiger partial charge in [-0.3, -0.25) is 4.79 Å². The van der Waals surface area contributed by atoms with Gasteiger partial charge in [0.15, 0.2) is 0 Å². The standard InChI is InChI=1S/C20H25NO3/c1-4-21(15-20(2,3)23)19(22)18-13-9-8-10-16(18)14-24-17-11-6-5-7-12-17/h5-13,23H,4,14-15H2,1-3H3. The first-order valence-corrected chi connectivity index (χ1v) is 8.18. The number of carbonyl (C=O) groups is 1. The van der Waals surface area contributed by atoms with Crippen LogP contribution in [-0.4, -0.2) is 34.6 Å². The average molecular weight is 327 g/mol. The Hall–Kier alpha value is -2.33. The summed E-state index contributed by atoms with van der Waals surface area (Å²) in [6, 6.07) is 17.0. The van der Waals surface area contributed by atoms with Crippen LogP contribution in [0.5, 0.6) is 5.75 Å². The Balaban J connectivity index is 2.16. The summed E-state index contributed by atoms with van der Waals surface area (Å²) >= 11 is 0. The molecule has 2 aromatic carbocycles. The van der Waals surface area contributed by atoms with Crippen molar-refractivity contribution >= 4 is 5.91 Å². The fraction of sp³-hybridized carbons (Fsp3) is 0.350. The molecule has 0 heterocycles. The van der Waals surface area contributed by atoms with Gasteiger partial charge in [-0.15, -0.1) is 0 Å². The maximum atomic E-state index is 12.8. The van der Waals surface area contributed by atoms with Crippen molar-refractivity contribution in [3.05, 3.63) is 65.7 Å². The molecule has 0 saturated carbocycles. The van der Waals surface area contributed by atoms with Crippen LogP contribution in [-0.2, 0) is 6.61 Å². The Kier molecular flexibility index (Phi) is 5.99. The topological polar surface area (TPSA) is 49.8 Å². The monoisotopic (exact) mass is 327 g/mol. The van der Waals surface area contributed by atoms with Gasteiger partial charge in [-0.05, 0) is 39.0 Å². The summed E-state index contributed by atoms with van der Waals surface area (Å²) in [5.74, 6) is 0.676. The summed E-state index contributed by atoms with van der Waals surface area (Å²) in [4.78, 5) is 14.5. The van der Waals surface area contributed by atoms with Gasteiger partial charge in [-0.1, -0.05) is 36.4 Å². The number of nitrogens with zero attached hydrogens (tertiary/aromatic N) is 1. The molecule has 24 heavy (non-hydrogen) atoms. The second-order valence-corrected chi connectivity index (χ2v) is 6.39. The molecule has 0 atom stereocenters. The summed E-state index contributed by atoms with van der Waals surface area (Å²) in [6.07, 6.45) is 0. The van der Waals surface area contributed by atoms with Gasteiger partial charge in [0.1, 0.15) is 12.4 Å². The first kappa shape index (κ1) is 18.0. The number of rotatable bonds is 7. The number of amides is 1. The summed E-state index contributed by atoms with van der Waals surface area (Å²) < 4.78 is 5.78. The SMILES string of the molecule is CCN(CC(C)(C)O)C(=O)c1ccccc1COc1ccccc1. The van der Waals surface area contributed by atoms with E-state index in [2.05, 4.69) is 0 Å². The lowest BCUT2D eigenvalue weighted by atomic mass is 10.0. The molecular weight excluding hydrogens is 302 g/mol. The third-order valence-corrected chi connectivity index (χ3v) is 3.63. The lowest BCUT2D eigenvalue weighted by Gasteiger charge is -2.28. The molecule has 0 saturated heterocycles. The predicted molar refractivity (Wildman–Crippen MR) is 95.1 cm³/mol. The zero-order valence-corrected chi connectivity index (χ0v) is 14.5. The highest BCUT2D eigenvalue weighted by Crippen LogP contribution is 2.17. The molecule has 4 nitrogen and oxygen atoms in total. The molecule has 0 bridgehead atoms. The van der Waals surface area contributed by atoms with Crippen LogP contribution in [0.2, 0.25) is 0 Å². The van der Waals surface area contributed by atoms with Gasteiger partial charge in [0, 0.05) is 24.2 Å². The van der Waals surface area contributed by atoms with Crippen molar-refractivity contribution in [2.24, 2.45) is 0 Å². The number of aliphatic hydroxyl groups is 1. The van der Waals surface area contributed by atoms with Gasteiger partial charge >= 0.3 is 0 Å². The summed E-state index contributed by atoms with van der Waals surface area (Å²) in [5.41, 5.74) is 0.515. The van der Waals surface area contributed by atoms with Gasteiger partial charge in [0.2, 0.25) is 0 Å². The second kappa shape index (κ2) is 7.97. The van der Waals surface area contributed by atoms with Crippen molar-refractivity contribution < 1.29 is 14.6 Å². The quantitative estimate of drug-likeness (QED) is 0.847. The van der Waals surface area contributed by atoms with E-state index < -0.39 is 5.60 Å². The van der Waals surface area contributed by atoms with Gasteiger partial charge in [0.05, 0.1) is 5.60 Å². The third kappa shape index (κ3) is 5.10. The van der Waals surface area contributed by atoms with Crippen LogP contribution < -0.4 is 4.74 Å². The van der Waals surface area contributed by atoms with Crippen molar-refractivity contribution in [1.29, 1.82) is 0 Å². The molecule has 1 N–H and O–H groups in total. The van der Waals surface area contributed by atoms with E-state index >= 15 is 0 Å². The molecule has 0 radical (unpaired) electrons. The molecule has 4 heteroatoms. The summed E-state index contributed by atoms with van der Waals surface area (Å²) in [5, 5.41) is 10.0. The molecule has 0 unspecified atom stereocenters. The predicted octanol–water partition coefficient (Wildman–Crippen LogP) is 3.50. The molecule has 0 aliphatic rings. The number of benzene rings is 2. The molecule has 2 aromatic rings. The summed E-state index contributed by atoms with van der Waals surface area (Å²) in [6.45, 7) is 6.46. The van der Waals surface area contributed by atoms with Crippen LogP contribution in [0.4, 0.5) is 0 Å². The van der Waals surface area contributed by atoms with Crippen LogP contribution in [0, 0.1) is 0 Å². The van der Waals surface area contributed by atoms with E-state index in [4.69, 9.17) is 4.74 Å². The van der Waals surface area contributed by atoms with Gasteiger partial charge in [-0.25, -0.2) is 0 Å². The van der Waals surface area contributed by atoms with Gasteiger partial charge < -0.3 is 14.7 Å². The molecule has 0 aromatic heterocycles. The Morgan fingerprint density at radius 2 is 1.71 bits per heavy atom. The van der Waals surface area contributed by atoms with E-state index in [-0.39, 0.29) is 12.5 Å². The fourth-order valence-corrected chi connectivity index (χ4v) is 2.50. The molecule has 0 aliphatic heterocycles. The maximum Gasteiger partial charge on any atom is 0.254 e. The third-order valence-electron chi connectivity index (χ3n) is 3.63. The van der Waals surface area contributed by atoms with E-state index in [0.717, 1.165) is 11.3 Å². The number of hydrogen-bond acceptors (Lipinski definition) is 3. The minimum absolute atomic E-state index is 0.0908.